The molecule has 0 saturated carbocycles. The number of hydrogen-bond acceptors (Lipinski definition) is 5. The molecule has 1 saturated heterocycles. The normalized spacial score (nSPS) is 16.1. The number of ether oxygens (including phenoxy) is 2. The van der Waals surface area contributed by atoms with Crippen LogP contribution in [0.1, 0.15) is 40.0 Å². The number of rotatable bonds is 10. The predicted molar refractivity (Wildman–Crippen MR) is 153 cm³/mol. The number of carbonyl (C=O) groups excluding carboxylic acids is 2. The van der Waals surface area contributed by atoms with Gasteiger partial charge in [-0.25, -0.2) is 14.5 Å². The Bertz CT molecular complexity index is 1470. The second kappa shape index (κ2) is 12.4. The molecule has 1 aliphatic rings. The number of likely N-dealkylation sites (tertiary alicyclic amines) is 1. The molecule has 0 bridgehead atoms. The maximum absolute atomic E-state index is 13.7. The lowest BCUT2D eigenvalue weighted by atomic mass is 9.88. The molecule has 4 aromatic rings. The van der Waals surface area contributed by atoms with Crippen LogP contribution in [0.25, 0.3) is 0 Å². The minimum Gasteiger partial charge on any atom is -0.494 e. The van der Waals surface area contributed by atoms with Crippen LogP contribution in [-0.4, -0.2) is 40.7 Å². The third-order valence-corrected chi connectivity index (χ3v) is 6.98. The van der Waals surface area contributed by atoms with E-state index in [9.17, 15) is 19.5 Å². The van der Waals surface area contributed by atoms with Gasteiger partial charge in [-0.05, 0) is 60.4 Å². The van der Waals surface area contributed by atoms with Crippen molar-refractivity contribution in [3.8, 4) is 11.5 Å². The number of imide groups is 1. The van der Waals surface area contributed by atoms with Gasteiger partial charge < -0.3 is 19.9 Å². The molecule has 208 valence electrons. The molecule has 5 rings (SSSR count). The van der Waals surface area contributed by atoms with Crippen molar-refractivity contribution < 1.29 is 29.0 Å². The molecule has 0 aliphatic carbocycles. The molecule has 41 heavy (non-hydrogen) atoms. The maximum Gasteiger partial charge on any atom is 0.335 e. The molecule has 2 N–H and O–H groups in total. The lowest BCUT2D eigenvalue weighted by Crippen LogP contribution is -2.68. The number of carboxylic acids is 1. The van der Waals surface area contributed by atoms with Gasteiger partial charge in [-0.3, -0.25) is 4.79 Å². The number of urea groups is 1. The Balaban J connectivity index is 1.43. The molecule has 0 aromatic heterocycles. The molecule has 8 heteroatoms. The highest BCUT2D eigenvalue weighted by Gasteiger charge is 2.53. The fraction of sp³-hybridized carbons (Fsp3) is 0.182. The molecule has 1 aliphatic heterocycles. The molecule has 0 unspecified atom stereocenters. The number of nitrogens with one attached hydrogen (secondary N) is 1. The fourth-order valence-corrected chi connectivity index (χ4v) is 4.93. The quantitative estimate of drug-likeness (QED) is 0.246. The summed E-state index contributed by atoms with van der Waals surface area (Å²) in [6, 6.07) is 31.3. The minimum absolute atomic E-state index is 0.104. The zero-order valence-corrected chi connectivity index (χ0v) is 22.5. The van der Waals surface area contributed by atoms with E-state index in [1.807, 2.05) is 91.9 Å². The summed E-state index contributed by atoms with van der Waals surface area (Å²) in [7, 11) is 0. The van der Waals surface area contributed by atoms with Gasteiger partial charge in [-0.2, -0.15) is 0 Å². The number of carbonyl (C=O) groups is 3. The largest absolute Gasteiger partial charge is 0.494 e. The summed E-state index contributed by atoms with van der Waals surface area (Å²) >= 11 is 0. The fourth-order valence-electron chi connectivity index (χ4n) is 4.93. The molecular weight excluding hydrogens is 520 g/mol. The van der Waals surface area contributed by atoms with Crippen molar-refractivity contribution in [1.82, 2.24) is 10.2 Å². The number of amides is 3. The zero-order chi connectivity index (χ0) is 28.8. The Kier molecular flexibility index (Phi) is 8.29. The van der Waals surface area contributed by atoms with E-state index < -0.39 is 30.2 Å². The second-order valence-electron chi connectivity index (χ2n) is 9.60. The van der Waals surface area contributed by atoms with Gasteiger partial charge in [0.05, 0.1) is 24.1 Å². The molecule has 3 amide bonds. The summed E-state index contributed by atoms with van der Waals surface area (Å²) in [6.07, 6.45) is -0.614. The highest BCUT2D eigenvalue weighted by atomic mass is 16.5. The van der Waals surface area contributed by atoms with Crippen molar-refractivity contribution in [3.05, 3.63) is 131 Å². The summed E-state index contributed by atoms with van der Waals surface area (Å²) in [5.41, 5.74) is 2.66. The van der Waals surface area contributed by atoms with E-state index in [2.05, 4.69) is 5.32 Å². The van der Waals surface area contributed by atoms with Crippen molar-refractivity contribution in [2.24, 2.45) is 5.92 Å². The highest BCUT2D eigenvalue weighted by Crippen LogP contribution is 2.35. The number of benzene rings is 4. The first kappa shape index (κ1) is 27.5. The number of aromatic carboxylic acids is 1. The van der Waals surface area contributed by atoms with Crippen LogP contribution in [0, 0.1) is 5.92 Å². The SMILES string of the molecule is CCOc1ccccc1C[C@@H]1C(=O)N(C(=O)NC(c2ccccc2)c2ccccc2)[C@@H]1Oc1ccc(C(=O)O)cc1. The van der Waals surface area contributed by atoms with Gasteiger partial charge in [0.25, 0.3) is 0 Å². The molecule has 2 atom stereocenters. The van der Waals surface area contributed by atoms with Crippen molar-refractivity contribution >= 4 is 17.9 Å². The van der Waals surface area contributed by atoms with E-state index in [1.165, 1.54) is 24.3 Å². The Hall–Kier alpha value is -5.11. The molecule has 8 nitrogen and oxygen atoms in total. The number of para-hydroxylation sites is 1. The summed E-state index contributed by atoms with van der Waals surface area (Å²) in [4.78, 5) is 39.7. The third-order valence-electron chi connectivity index (χ3n) is 6.98. The Morgan fingerprint density at radius 3 is 2.02 bits per heavy atom. The van der Waals surface area contributed by atoms with E-state index in [-0.39, 0.29) is 11.5 Å². The van der Waals surface area contributed by atoms with Gasteiger partial charge in [0.2, 0.25) is 5.91 Å². The Labute approximate surface area is 238 Å². The third kappa shape index (κ3) is 6.06. The van der Waals surface area contributed by atoms with Crippen molar-refractivity contribution in [2.75, 3.05) is 6.61 Å². The number of nitrogens with zero attached hydrogens (tertiary/aromatic N) is 1. The van der Waals surface area contributed by atoms with Crippen molar-refractivity contribution in [2.45, 2.75) is 25.6 Å². The van der Waals surface area contributed by atoms with Gasteiger partial charge >= 0.3 is 12.0 Å². The number of β-lactam (4-membered cyclic amide) rings is 1. The molecule has 1 fully saturated rings. The lowest BCUT2D eigenvalue weighted by molar-refractivity contribution is -0.166. The smallest absolute Gasteiger partial charge is 0.335 e. The van der Waals surface area contributed by atoms with Gasteiger partial charge in [-0.15, -0.1) is 0 Å². The topological polar surface area (TPSA) is 105 Å². The van der Waals surface area contributed by atoms with Crippen LogP contribution in [0.2, 0.25) is 0 Å². The minimum atomic E-state index is -1.06. The summed E-state index contributed by atoms with van der Waals surface area (Å²) < 4.78 is 11.9. The van der Waals surface area contributed by atoms with Gasteiger partial charge in [-0.1, -0.05) is 78.9 Å². The maximum atomic E-state index is 13.7. The zero-order valence-electron chi connectivity index (χ0n) is 22.5. The monoisotopic (exact) mass is 550 g/mol. The Morgan fingerprint density at radius 1 is 0.854 bits per heavy atom. The summed E-state index contributed by atoms with van der Waals surface area (Å²) in [5.74, 6) is -1.08. The molecule has 0 spiro atoms. The lowest BCUT2D eigenvalue weighted by Gasteiger charge is -2.45. The molecular formula is C33H30N2O6. The summed E-state index contributed by atoms with van der Waals surface area (Å²) in [6.45, 7) is 2.36. The molecule has 0 radical (unpaired) electrons. The average Bonchev–Trinajstić information content (AvgIpc) is 3.00. The van der Waals surface area contributed by atoms with E-state index in [0.717, 1.165) is 21.6 Å². The van der Waals surface area contributed by atoms with E-state index in [0.29, 0.717) is 24.5 Å². The van der Waals surface area contributed by atoms with Gasteiger partial charge in [0.15, 0.2) is 6.23 Å². The van der Waals surface area contributed by atoms with E-state index in [1.54, 1.807) is 0 Å². The summed E-state index contributed by atoms with van der Waals surface area (Å²) in [5, 5.41) is 12.3. The van der Waals surface area contributed by atoms with Crippen molar-refractivity contribution in [1.29, 1.82) is 0 Å². The Morgan fingerprint density at radius 2 is 1.44 bits per heavy atom. The molecule has 1 heterocycles. The standard InChI is InChI=1S/C33H30N2O6/c1-2-40-28-16-10-9-15-25(28)21-27-30(36)35(31(27)41-26-19-17-24(18-20-26)32(37)38)33(39)34-29(22-11-5-3-6-12-22)23-13-7-4-8-14-23/h3-20,27,29,31H,2,21H2,1H3,(H,34,39)(H,37,38)/t27-,31-/m1/s1. The average molecular weight is 551 g/mol. The number of hydrogen-bond donors (Lipinski definition) is 2. The van der Waals surface area contributed by atoms with E-state index >= 15 is 0 Å². The predicted octanol–water partition coefficient (Wildman–Crippen LogP) is 5.69. The van der Waals surface area contributed by atoms with Gasteiger partial charge in [0, 0.05) is 0 Å². The first-order valence-electron chi connectivity index (χ1n) is 13.4. The van der Waals surface area contributed by atoms with Crippen LogP contribution in [-0.2, 0) is 11.2 Å². The van der Waals surface area contributed by atoms with Gasteiger partial charge in [0.1, 0.15) is 11.5 Å². The van der Waals surface area contributed by atoms with Crippen LogP contribution in [0.15, 0.2) is 109 Å². The van der Waals surface area contributed by atoms with E-state index in [4.69, 9.17) is 9.47 Å². The van der Waals surface area contributed by atoms with Crippen LogP contribution in [0.3, 0.4) is 0 Å². The highest BCUT2D eigenvalue weighted by molar-refractivity contribution is 6.01. The number of carboxylic acid groups (broad SMARTS) is 1. The van der Waals surface area contributed by atoms with Crippen LogP contribution in [0.5, 0.6) is 11.5 Å². The first-order chi connectivity index (χ1) is 20.0. The molecule has 4 aromatic carbocycles. The first-order valence-corrected chi connectivity index (χ1v) is 13.4. The van der Waals surface area contributed by atoms with Crippen LogP contribution < -0.4 is 14.8 Å². The van der Waals surface area contributed by atoms with Crippen molar-refractivity contribution in [3.63, 3.8) is 0 Å². The van der Waals surface area contributed by atoms with Crippen LogP contribution in [0.4, 0.5) is 4.79 Å². The second-order valence-corrected chi connectivity index (χ2v) is 9.60. The van der Waals surface area contributed by atoms with Crippen LogP contribution >= 0.6 is 0 Å².